The number of rotatable bonds is 4. The number of hydrogen-bond donors (Lipinski definition) is 1. The number of nitrogens with zero attached hydrogens (tertiary/aromatic N) is 1. The first-order valence-corrected chi connectivity index (χ1v) is 10.1. The fourth-order valence-electron chi connectivity index (χ4n) is 3.09. The van der Waals surface area contributed by atoms with E-state index in [0.717, 1.165) is 16.4 Å². The van der Waals surface area contributed by atoms with Gasteiger partial charge in [-0.1, -0.05) is 6.07 Å². The van der Waals surface area contributed by atoms with Gasteiger partial charge in [-0.15, -0.1) is 0 Å². The van der Waals surface area contributed by atoms with E-state index in [9.17, 15) is 26.4 Å². The maximum absolute atomic E-state index is 13.9. The summed E-state index contributed by atoms with van der Waals surface area (Å²) in [6.07, 6.45) is 0.437. The molecule has 1 aliphatic heterocycles. The average molecular weight is 412 g/mol. The molecule has 9 heteroatoms. The minimum atomic E-state index is -4.20. The molecule has 1 aliphatic rings. The highest BCUT2D eigenvalue weighted by atomic mass is 32.2. The van der Waals surface area contributed by atoms with E-state index in [-0.39, 0.29) is 31.8 Å². The lowest BCUT2D eigenvalue weighted by molar-refractivity contribution is -0.120. The Morgan fingerprint density at radius 3 is 2.36 bits per heavy atom. The number of aryl methyl sites for hydroxylation is 1. The van der Waals surface area contributed by atoms with E-state index < -0.39 is 38.3 Å². The second kappa shape index (κ2) is 7.92. The van der Waals surface area contributed by atoms with E-state index in [1.807, 2.05) is 0 Å². The molecule has 1 saturated heterocycles. The summed E-state index contributed by atoms with van der Waals surface area (Å²) in [7, 11) is -4.20. The van der Waals surface area contributed by atoms with Crippen molar-refractivity contribution in [3.8, 4) is 0 Å². The zero-order chi connectivity index (χ0) is 20.5. The summed E-state index contributed by atoms with van der Waals surface area (Å²) in [5, 5.41) is 2.63. The lowest BCUT2D eigenvalue weighted by Crippen LogP contribution is -2.41. The molecule has 0 spiro atoms. The molecule has 0 unspecified atom stereocenters. The van der Waals surface area contributed by atoms with Gasteiger partial charge >= 0.3 is 0 Å². The minimum absolute atomic E-state index is 0.00136. The summed E-state index contributed by atoms with van der Waals surface area (Å²) >= 11 is 0. The van der Waals surface area contributed by atoms with Gasteiger partial charge in [0, 0.05) is 24.7 Å². The average Bonchev–Trinajstić information content (AvgIpc) is 2.66. The number of hydrogen-bond acceptors (Lipinski definition) is 3. The third-order valence-corrected chi connectivity index (χ3v) is 6.69. The fraction of sp³-hybridized carbons (Fsp3) is 0.316. The molecule has 1 fully saturated rings. The molecule has 150 valence electrons. The third-order valence-electron chi connectivity index (χ3n) is 4.78. The molecular weight excluding hydrogens is 393 g/mol. The van der Waals surface area contributed by atoms with Crippen molar-refractivity contribution in [2.24, 2.45) is 5.92 Å². The molecule has 2 aromatic carbocycles. The van der Waals surface area contributed by atoms with Gasteiger partial charge in [0.1, 0.15) is 22.3 Å². The smallest absolute Gasteiger partial charge is 0.246 e. The number of piperidine rings is 1. The van der Waals surface area contributed by atoms with Gasteiger partial charge < -0.3 is 5.32 Å². The number of sulfonamides is 1. The summed E-state index contributed by atoms with van der Waals surface area (Å²) in [5.41, 5.74) is 0.783. The number of benzene rings is 2. The normalized spacial score (nSPS) is 16.1. The highest BCUT2D eigenvalue weighted by Crippen LogP contribution is 2.27. The molecular formula is C19H19F3N2O3S. The van der Waals surface area contributed by atoms with Gasteiger partial charge in [0.2, 0.25) is 15.9 Å². The maximum Gasteiger partial charge on any atom is 0.246 e. The molecule has 1 N–H and O–H groups in total. The summed E-state index contributed by atoms with van der Waals surface area (Å²) in [5.74, 6) is -3.11. The predicted molar refractivity (Wildman–Crippen MR) is 97.6 cm³/mol. The Balaban J connectivity index is 1.65. The van der Waals surface area contributed by atoms with Gasteiger partial charge in [-0.2, -0.15) is 4.31 Å². The Bertz CT molecular complexity index is 1000. The monoisotopic (exact) mass is 412 g/mol. The second-order valence-electron chi connectivity index (χ2n) is 6.71. The first-order valence-electron chi connectivity index (χ1n) is 8.70. The molecule has 1 amide bonds. The Morgan fingerprint density at radius 2 is 1.71 bits per heavy atom. The number of halogens is 3. The zero-order valence-electron chi connectivity index (χ0n) is 15.1. The molecule has 0 aliphatic carbocycles. The lowest BCUT2D eigenvalue weighted by Gasteiger charge is -2.30. The Hall–Kier alpha value is -2.39. The van der Waals surface area contributed by atoms with Gasteiger partial charge in [0.15, 0.2) is 0 Å². The first-order chi connectivity index (χ1) is 13.2. The van der Waals surface area contributed by atoms with Crippen LogP contribution in [0.2, 0.25) is 0 Å². The molecule has 1 heterocycles. The standard InChI is InChI=1S/C19H19F3N2O3S/c1-12-2-4-15(11-17(12)22)23-19(25)13-6-8-24(9-7-13)28(26,27)18-10-14(20)3-5-16(18)21/h2-5,10-11,13H,6-9H2,1H3,(H,23,25). The van der Waals surface area contributed by atoms with E-state index in [0.29, 0.717) is 17.3 Å². The van der Waals surface area contributed by atoms with Crippen LogP contribution in [0.15, 0.2) is 41.3 Å². The van der Waals surface area contributed by atoms with Crippen LogP contribution in [0, 0.1) is 30.3 Å². The number of carbonyl (C=O) groups excluding carboxylic acids is 1. The van der Waals surface area contributed by atoms with Crippen molar-refractivity contribution in [3.63, 3.8) is 0 Å². The van der Waals surface area contributed by atoms with Crippen LogP contribution in [0.25, 0.3) is 0 Å². The summed E-state index contributed by atoms with van der Waals surface area (Å²) in [6.45, 7) is 1.61. The molecule has 0 aromatic heterocycles. The Kier molecular flexibility index (Phi) is 5.76. The fourth-order valence-corrected chi connectivity index (χ4v) is 4.63. The largest absolute Gasteiger partial charge is 0.326 e. The molecule has 0 saturated carbocycles. The van der Waals surface area contributed by atoms with E-state index in [1.54, 1.807) is 19.1 Å². The van der Waals surface area contributed by atoms with Crippen molar-refractivity contribution in [1.29, 1.82) is 0 Å². The van der Waals surface area contributed by atoms with Crippen molar-refractivity contribution >= 4 is 21.6 Å². The van der Waals surface area contributed by atoms with E-state index >= 15 is 0 Å². The minimum Gasteiger partial charge on any atom is -0.326 e. The maximum atomic E-state index is 13.9. The van der Waals surface area contributed by atoms with Crippen molar-refractivity contribution in [2.45, 2.75) is 24.7 Å². The van der Waals surface area contributed by atoms with Gasteiger partial charge in [-0.25, -0.2) is 21.6 Å². The van der Waals surface area contributed by atoms with E-state index in [1.165, 1.54) is 6.07 Å². The number of anilines is 1. The summed E-state index contributed by atoms with van der Waals surface area (Å²) in [4.78, 5) is 11.7. The van der Waals surface area contributed by atoms with Crippen molar-refractivity contribution in [2.75, 3.05) is 18.4 Å². The summed E-state index contributed by atoms with van der Waals surface area (Å²) in [6, 6.07) is 6.62. The van der Waals surface area contributed by atoms with Gasteiger partial charge in [0.25, 0.3) is 0 Å². The van der Waals surface area contributed by atoms with Crippen molar-refractivity contribution < 1.29 is 26.4 Å². The molecule has 0 atom stereocenters. The van der Waals surface area contributed by atoms with Crippen molar-refractivity contribution in [1.82, 2.24) is 4.31 Å². The van der Waals surface area contributed by atoms with Crippen LogP contribution in [-0.2, 0) is 14.8 Å². The highest BCUT2D eigenvalue weighted by molar-refractivity contribution is 7.89. The zero-order valence-corrected chi connectivity index (χ0v) is 15.9. The Labute approximate surface area is 161 Å². The highest BCUT2D eigenvalue weighted by Gasteiger charge is 2.33. The Morgan fingerprint density at radius 1 is 1.04 bits per heavy atom. The van der Waals surface area contributed by atoms with Gasteiger partial charge in [0.05, 0.1) is 0 Å². The van der Waals surface area contributed by atoms with Crippen LogP contribution in [0.5, 0.6) is 0 Å². The van der Waals surface area contributed by atoms with E-state index in [4.69, 9.17) is 0 Å². The van der Waals surface area contributed by atoms with Gasteiger partial charge in [-0.05, 0) is 55.7 Å². The van der Waals surface area contributed by atoms with Crippen LogP contribution in [0.4, 0.5) is 18.9 Å². The molecule has 2 aromatic rings. The number of nitrogens with one attached hydrogen (secondary N) is 1. The second-order valence-corrected chi connectivity index (χ2v) is 8.61. The lowest BCUT2D eigenvalue weighted by atomic mass is 9.97. The SMILES string of the molecule is Cc1ccc(NC(=O)C2CCN(S(=O)(=O)c3cc(F)ccc3F)CC2)cc1F. The summed E-state index contributed by atoms with van der Waals surface area (Å²) < 4.78 is 67.0. The van der Waals surface area contributed by atoms with Crippen LogP contribution in [0.3, 0.4) is 0 Å². The first kappa shape index (κ1) is 20.3. The molecule has 5 nitrogen and oxygen atoms in total. The number of carbonyl (C=O) groups is 1. The van der Waals surface area contributed by atoms with Gasteiger partial charge in [-0.3, -0.25) is 4.79 Å². The predicted octanol–water partition coefficient (Wildman–Crippen LogP) is 3.45. The molecule has 0 bridgehead atoms. The van der Waals surface area contributed by atoms with Crippen LogP contribution < -0.4 is 5.32 Å². The topological polar surface area (TPSA) is 66.5 Å². The quantitative estimate of drug-likeness (QED) is 0.837. The van der Waals surface area contributed by atoms with Crippen LogP contribution >= 0.6 is 0 Å². The van der Waals surface area contributed by atoms with Crippen LogP contribution in [-0.4, -0.2) is 31.7 Å². The van der Waals surface area contributed by atoms with Crippen LogP contribution in [0.1, 0.15) is 18.4 Å². The van der Waals surface area contributed by atoms with Crippen molar-refractivity contribution in [3.05, 3.63) is 59.4 Å². The molecule has 0 radical (unpaired) electrons. The number of amides is 1. The molecule has 28 heavy (non-hydrogen) atoms. The molecule has 3 rings (SSSR count). The third kappa shape index (κ3) is 4.20. The van der Waals surface area contributed by atoms with E-state index in [2.05, 4.69) is 5.32 Å².